The van der Waals surface area contributed by atoms with E-state index < -0.39 is 21.9 Å². The maximum absolute atomic E-state index is 13.3. The van der Waals surface area contributed by atoms with Crippen molar-refractivity contribution in [2.24, 2.45) is 7.05 Å². The van der Waals surface area contributed by atoms with E-state index in [0.29, 0.717) is 22.3 Å². The van der Waals surface area contributed by atoms with E-state index in [9.17, 15) is 17.6 Å². The predicted octanol–water partition coefficient (Wildman–Crippen LogP) is 3.37. The van der Waals surface area contributed by atoms with Crippen LogP contribution in [0.25, 0.3) is 10.9 Å². The number of aryl methyl sites for hydroxylation is 1. The summed E-state index contributed by atoms with van der Waals surface area (Å²) in [7, 11) is -0.507. The zero-order chi connectivity index (χ0) is 21.6. The number of nitrogens with zero attached hydrogens (tertiary/aromatic N) is 3. The van der Waals surface area contributed by atoms with Crippen LogP contribution in [0.1, 0.15) is 23.3 Å². The molecule has 4 rings (SSSR count). The number of fused-ring (bicyclic) bond motifs is 1. The standard InChI is InChI=1S/C19H19ClFN5O3S/c1-25-18(19(27)22-11-4-8-16(21)15(20)9-11)14-7-3-12(10-17(14)23-25)24-30(28,29)26(2)13-5-6-13/h3-4,7-10,13,24H,5-6H2,1-2H3,(H,22,27). The Hall–Kier alpha value is -2.69. The molecule has 0 aliphatic heterocycles. The average molecular weight is 452 g/mol. The van der Waals surface area contributed by atoms with Crippen molar-refractivity contribution in [3.05, 3.63) is 52.9 Å². The topological polar surface area (TPSA) is 96.3 Å². The van der Waals surface area contributed by atoms with Crippen LogP contribution >= 0.6 is 11.6 Å². The number of hydrogen-bond donors (Lipinski definition) is 2. The smallest absolute Gasteiger partial charge is 0.301 e. The lowest BCUT2D eigenvalue weighted by molar-refractivity contribution is 0.101. The van der Waals surface area contributed by atoms with Gasteiger partial charge in [-0.15, -0.1) is 0 Å². The van der Waals surface area contributed by atoms with Crippen LogP contribution in [0.15, 0.2) is 36.4 Å². The van der Waals surface area contributed by atoms with E-state index in [1.54, 1.807) is 32.3 Å². The second-order valence-electron chi connectivity index (χ2n) is 7.14. The Morgan fingerprint density at radius 3 is 2.60 bits per heavy atom. The summed E-state index contributed by atoms with van der Waals surface area (Å²) in [5.74, 6) is -1.03. The van der Waals surface area contributed by atoms with Crippen molar-refractivity contribution in [1.29, 1.82) is 0 Å². The van der Waals surface area contributed by atoms with Crippen molar-refractivity contribution < 1.29 is 17.6 Å². The first-order valence-corrected chi connectivity index (χ1v) is 11.0. The molecule has 1 aromatic heterocycles. The Balaban J connectivity index is 1.60. The van der Waals surface area contributed by atoms with Crippen LogP contribution in [-0.4, -0.2) is 41.5 Å². The minimum absolute atomic E-state index is 0.0383. The van der Waals surface area contributed by atoms with Gasteiger partial charge in [0.05, 0.1) is 16.2 Å². The summed E-state index contributed by atoms with van der Waals surface area (Å²) in [6, 6.07) is 8.70. The van der Waals surface area contributed by atoms with E-state index in [0.717, 1.165) is 18.9 Å². The Bertz CT molecular complexity index is 1260. The van der Waals surface area contributed by atoms with Crippen LogP contribution < -0.4 is 10.0 Å². The lowest BCUT2D eigenvalue weighted by Crippen LogP contribution is -2.34. The summed E-state index contributed by atoms with van der Waals surface area (Å²) in [5, 5.41) is 7.42. The van der Waals surface area contributed by atoms with Gasteiger partial charge in [0.1, 0.15) is 11.5 Å². The lowest BCUT2D eigenvalue weighted by atomic mass is 10.2. The molecule has 0 radical (unpaired) electrons. The third-order valence-corrected chi connectivity index (χ3v) is 6.75. The lowest BCUT2D eigenvalue weighted by Gasteiger charge is -2.17. The fourth-order valence-corrected chi connectivity index (χ4v) is 4.51. The van der Waals surface area contributed by atoms with Crippen molar-refractivity contribution in [3.8, 4) is 0 Å². The Labute approximate surface area is 177 Å². The number of nitrogens with one attached hydrogen (secondary N) is 2. The molecule has 3 aromatic rings. The molecule has 0 bridgehead atoms. The van der Waals surface area contributed by atoms with Crippen molar-refractivity contribution in [3.63, 3.8) is 0 Å². The van der Waals surface area contributed by atoms with E-state index >= 15 is 0 Å². The largest absolute Gasteiger partial charge is 0.321 e. The van der Waals surface area contributed by atoms with Gasteiger partial charge in [-0.2, -0.15) is 17.8 Å². The molecule has 1 fully saturated rings. The first kappa shape index (κ1) is 20.6. The van der Waals surface area contributed by atoms with Crippen LogP contribution in [0, 0.1) is 5.82 Å². The highest BCUT2D eigenvalue weighted by Crippen LogP contribution is 2.29. The molecule has 1 aliphatic rings. The molecule has 0 spiro atoms. The first-order chi connectivity index (χ1) is 14.2. The van der Waals surface area contributed by atoms with Crippen molar-refractivity contribution in [2.75, 3.05) is 17.1 Å². The molecule has 1 saturated carbocycles. The highest BCUT2D eigenvalue weighted by Gasteiger charge is 2.34. The Morgan fingerprint density at radius 1 is 1.23 bits per heavy atom. The normalized spacial score (nSPS) is 14.3. The molecular formula is C19H19ClFN5O3S. The summed E-state index contributed by atoms with van der Waals surface area (Å²) in [5.41, 5.74) is 1.42. The fourth-order valence-electron chi connectivity index (χ4n) is 3.15. The monoisotopic (exact) mass is 451 g/mol. The van der Waals surface area contributed by atoms with Gasteiger partial charge in [0.25, 0.3) is 5.91 Å². The van der Waals surface area contributed by atoms with Crippen LogP contribution in [0.2, 0.25) is 5.02 Å². The van der Waals surface area contributed by atoms with Gasteiger partial charge in [-0.3, -0.25) is 14.2 Å². The highest BCUT2D eigenvalue weighted by molar-refractivity contribution is 7.90. The summed E-state index contributed by atoms with van der Waals surface area (Å²) in [6.45, 7) is 0. The fraction of sp³-hybridized carbons (Fsp3) is 0.263. The zero-order valence-electron chi connectivity index (χ0n) is 16.2. The third-order valence-electron chi connectivity index (χ3n) is 4.91. The molecule has 1 heterocycles. The maximum atomic E-state index is 13.3. The number of aromatic nitrogens is 2. The number of hydrogen-bond acceptors (Lipinski definition) is 4. The van der Waals surface area contributed by atoms with E-state index in [4.69, 9.17) is 11.6 Å². The number of benzene rings is 2. The van der Waals surface area contributed by atoms with Gasteiger partial charge in [-0.1, -0.05) is 11.6 Å². The Morgan fingerprint density at radius 2 is 1.93 bits per heavy atom. The summed E-state index contributed by atoms with van der Waals surface area (Å²) in [4.78, 5) is 12.8. The summed E-state index contributed by atoms with van der Waals surface area (Å²) < 4.78 is 43.5. The average Bonchev–Trinajstić information content (AvgIpc) is 3.46. The van der Waals surface area contributed by atoms with Gasteiger partial charge in [-0.05, 0) is 49.2 Å². The number of rotatable bonds is 6. The van der Waals surface area contributed by atoms with Crippen LogP contribution in [0.5, 0.6) is 0 Å². The maximum Gasteiger partial charge on any atom is 0.301 e. The van der Waals surface area contributed by atoms with E-state index in [1.807, 2.05) is 0 Å². The molecule has 8 nitrogen and oxygen atoms in total. The number of halogens is 2. The second-order valence-corrected chi connectivity index (χ2v) is 9.28. The van der Waals surface area contributed by atoms with Gasteiger partial charge in [-0.25, -0.2) is 4.39 Å². The molecule has 0 unspecified atom stereocenters. The molecule has 0 saturated heterocycles. The van der Waals surface area contributed by atoms with Crippen molar-refractivity contribution in [2.45, 2.75) is 18.9 Å². The number of carbonyl (C=O) groups excluding carboxylic acids is 1. The molecule has 1 amide bonds. The van der Waals surface area contributed by atoms with Crippen LogP contribution in [0.3, 0.4) is 0 Å². The van der Waals surface area contributed by atoms with Gasteiger partial charge in [0.15, 0.2) is 0 Å². The third kappa shape index (κ3) is 3.98. The van der Waals surface area contributed by atoms with Gasteiger partial charge in [0.2, 0.25) is 0 Å². The van der Waals surface area contributed by atoms with E-state index in [-0.39, 0.29) is 16.8 Å². The highest BCUT2D eigenvalue weighted by atomic mass is 35.5. The zero-order valence-corrected chi connectivity index (χ0v) is 17.8. The van der Waals surface area contributed by atoms with Crippen molar-refractivity contribution in [1.82, 2.24) is 14.1 Å². The van der Waals surface area contributed by atoms with Gasteiger partial charge >= 0.3 is 10.2 Å². The number of carbonyl (C=O) groups is 1. The first-order valence-electron chi connectivity index (χ1n) is 9.14. The molecule has 30 heavy (non-hydrogen) atoms. The number of amides is 1. The molecule has 11 heteroatoms. The number of anilines is 2. The van der Waals surface area contributed by atoms with Crippen LogP contribution in [-0.2, 0) is 17.3 Å². The predicted molar refractivity (Wildman–Crippen MR) is 113 cm³/mol. The molecular weight excluding hydrogens is 433 g/mol. The van der Waals surface area contributed by atoms with E-state index in [1.165, 1.54) is 21.1 Å². The molecule has 158 valence electrons. The SMILES string of the molecule is CN(C1CC1)S(=O)(=O)Nc1ccc2c(C(=O)Nc3ccc(F)c(Cl)c3)n(C)nc2c1. The second kappa shape index (κ2) is 7.53. The van der Waals surface area contributed by atoms with Gasteiger partial charge < -0.3 is 5.32 Å². The van der Waals surface area contributed by atoms with Gasteiger partial charge in [0, 0.05) is 31.2 Å². The quantitative estimate of drug-likeness (QED) is 0.600. The summed E-state index contributed by atoms with van der Waals surface area (Å²) >= 11 is 5.76. The van der Waals surface area contributed by atoms with E-state index in [2.05, 4.69) is 15.1 Å². The van der Waals surface area contributed by atoms with Crippen LogP contribution in [0.4, 0.5) is 15.8 Å². The minimum Gasteiger partial charge on any atom is -0.321 e. The Kier molecular flexibility index (Phi) is 5.16. The molecule has 0 atom stereocenters. The van der Waals surface area contributed by atoms with Crippen molar-refractivity contribution >= 4 is 50.0 Å². The molecule has 2 aromatic carbocycles. The molecule has 2 N–H and O–H groups in total. The minimum atomic E-state index is -3.66. The summed E-state index contributed by atoms with van der Waals surface area (Å²) in [6.07, 6.45) is 1.71. The molecule has 1 aliphatic carbocycles.